The SMILES string of the molecule is O=C(CBr)c1nc2cc(OC(F)(F)F)ccc2o1. The van der Waals surface area contributed by atoms with Crippen molar-refractivity contribution in [2.45, 2.75) is 6.36 Å². The molecule has 0 aliphatic carbocycles. The Kier molecular flexibility index (Phi) is 3.29. The van der Waals surface area contributed by atoms with Gasteiger partial charge < -0.3 is 9.15 Å². The monoisotopic (exact) mass is 323 g/mol. The summed E-state index contributed by atoms with van der Waals surface area (Å²) in [6.45, 7) is 0. The fraction of sp³-hybridized carbons (Fsp3) is 0.200. The fourth-order valence-electron chi connectivity index (χ4n) is 1.28. The lowest BCUT2D eigenvalue weighted by Gasteiger charge is -2.07. The van der Waals surface area contributed by atoms with Crippen molar-refractivity contribution in [2.24, 2.45) is 0 Å². The average molecular weight is 324 g/mol. The average Bonchev–Trinajstić information content (AvgIpc) is 2.68. The summed E-state index contributed by atoms with van der Waals surface area (Å²) < 4.78 is 44.8. The van der Waals surface area contributed by atoms with Gasteiger partial charge in [-0.15, -0.1) is 13.2 Å². The van der Waals surface area contributed by atoms with Crippen LogP contribution in [0.15, 0.2) is 22.6 Å². The maximum Gasteiger partial charge on any atom is 0.573 e. The topological polar surface area (TPSA) is 52.3 Å². The Bertz CT molecular complexity index is 594. The number of ketones is 1. The molecule has 0 aliphatic heterocycles. The molecule has 18 heavy (non-hydrogen) atoms. The molecule has 0 fully saturated rings. The lowest BCUT2D eigenvalue weighted by molar-refractivity contribution is -0.274. The van der Waals surface area contributed by atoms with Gasteiger partial charge in [-0.2, -0.15) is 0 Å². The highest BCUT2D eigenvalue weighted by molar-refractivity contribution is 9.09. The van der Waals surface area contributed by atoms with Crippen LogP contribution in [0.2, 0.25) is 0 Å². The molecule has 0 unspecified atom stereocenters. The van der Waals surface area contributed by atoms with E-state index in [1.165, 1.54) is 6.07 Å². The molecule has 0 spiro atoms. The second kappa shape index (κ2) is 4.60. The van der Waals surface area contributed by atoms with E-state index in [1.807, 2.05) is 0 Å². The zero-order valence-corrected chi connectivity index (χ0v) is 10.2. The number of carbonyl (C=O) groups is 1. The number of aromatic nitrogens is 1. The second-order valence-corrected chi connectivity index (χ2v) is 3.81. The maximum absolute atomic E-state index is 12.0. The normalized spacial score (nSPS) is 11.8. The van der Waals surface area contributed by atoms with Crippen LogP contribution in [0, 0.1) is 0 Å². The number of rotatable bonds is 3. The largest absolute Gasteiger partial charge is 0.573 e. The lowest BCUT2D eigenvalue weighted by atomic mass is 10.3. The Morgan fingerprint density at radius 1 is 1.44 bits per heavy atom. The molecule has 1 aromatic heterocycles. The first-order valence-corrected chi connectivity index (χ1v) is 5.77. The van der Waals surface area contributed by atoms with Crippen LogP contribution in [-0.4, -0.2) is 22.5 Å². The Hall–Kier alpha value is -1.57. The Labute approximate surface area is 107 Å². The van der Waals surface area contributed by atoms with Gasteiger partial charge in [-0.25, -0.2) is 4.98 Å². The lowest BCUT2D eigenvalue weighted by Crippen LogP contribution is -2.16. The van der Waals surface area contributed by atoms with Gasteiger partial charge >= 0.3 is 6.36 Å². The maximum atomic E-state index is 12.0. The quantitative estimate of drug-likeness (QED) is 0.642. The smallest absolute Gasteiger partial charge is 0.434 e. The molecule has 0 saturated carbocycles. The molecule has 0 bridgehead atoms. The molecule has 0 amide bonds. The van der Waals surface area contributed by atoms with E-state index in [1.54, 1.807) is 0 Å². The summed E-state index contributed by atoms with van der Waals surface area (Å²) in [5, 5.41) is 0.0196. The predicted molar refractivity (Wildman–Crippen MR) is 58.8 cm³/mol. The minimum atomic E-state index is -4.77. The van der Waals surface area contributed by atoms with E-state index in [-0.39, 0.29) is 22.3 Å². The standard InChI is InChI=1S/C10H5BrF3NO3/c11-4-7(16)9-15-6-3-5(18-10(12,13)14)1-2-8(6)17-9/h1-3H,4H2. The number of ether oxygens (including phenoxy) is 1. The summed E-state index contributed by atoms with van der Waals surface area (Å²) in [6.07, 6.45) is -4.77. The zero-order valence-electron chi connectivity index (χ0n) is 8.62. The van der Waals surface area contributed by atoms with Gasteiger partial charge in [-0.1, -0.05) is 15.9 Å². The summed E-state index contributed by atoms with van der Waals surface area (Å²) in [4.78, 5) is 15.1. The van der Waals surface area contributed by atoms with Crippen molar-refractivity contribution in [1.29, 1.82) is 0 Å². The predicted octanol–water partition coefficient (Wildman–Crippen LogP) is 3.30. The van der Waals surface area contributed by atoms with E-state index in [4.69, 9.17) is 4.42 Å². The van der Waals surface area contributed by atoms with Gasteiger partial charge in [0.05, 0.1) is 5.33 Å². The molecule has 2 aromatic rings. The van der Waals surface area contributed by atoms with Crippen LogP contribution in [-0.2, 0) is 0 Å². The van der Waals surface area contributed by atoms with E-state index in [9.17, 15) is 18.0 Å². The van der Waals surface area contributed by atoms with Crippen LogP contribution < -0.4 is 4.74 Å². The molecule has 8 heteroatoms. The summed E-state index contributed by atoms with van der Waals surface area (Å²) in [7, 11) is 0. The zero-order chi connectivity index (χ0) is 13.3. The third-order valence-corrected chi connectivity index (χ3v) is 2.46. The molecule has 4 nitrogen and oxygen atoms in total. The molecule has 0 aliphatic rings. The first-order valence-electron chi connectivity index (χ1n) is 4.64. The van der Waals surface area contributed by atoms with Crippen LogP contribution in [0.4, 0.5) is 13.2 Å². The van der Waals surface area contributed by atoms with Gasteiger partial charge in [0.2, 0.25) is 5.78 Å². The summed E-state index contributed by atoms with van der Waals surface area (Å²) in [5.74, 6) is -0.975. The van der Waals surface area contributed by atoms with Crippen LogP contribution in [0.25, 0.3) is 11.1 Å². The number of alkyl halides is 4. The number of oxazole rings is 1. The molecule has 1 heterocycles. The Morgan fingerprint density at radius 2 is 2.17 bits per heavy atom. The van der Waals surface area contributed by atoms with Gasteiger partial charge in [0.1, 0.15) is 11.3 Å². The van der Waals surface area contributed by atoms with Gasteiger partial charge in [-0.05, 0) is 12.1 Å². The highest BCUT2D eigenvalue weighted by atomic mass is 79.9. The Balaban J connectivity index is 2.37. The number of hydrogen-bond donors (Lipinski definition) is 0. The van der Waals surface area contributed by atoms with Crippen molar-refractivity contribution < 1.29 is 27.1 Å². The molecular weight excluding hydrogens is 319 g/mol. The van der Waals surface area contributed by atoms with Gasteiger partial charge in [0.25, 0.3) is 5.89 Å². The van der Waals surface area contributed by atoms with Crippen molar-refractivity contribution in [3.63, 3.8) is 0 Å². The number of fused-ring (bicyclic) bond motifs is 1. The molecular formula is C10H5BrF3NO3. The third kappa shape index (κ3) is 2.81. The number of halogens is 4. The Morgan fingerprint density at radius 3 is 2.78 bits per heavy atom. The summed E-state index contributed by atoms with van der Waals surface area (Å²) >= 11 is 2.94. The minimum Gasteiger partial charge on any atom is -0.434 e. The molecule has 0 radical (unpaired) electrons. The first-order chi connectivity index (χ1) is 8.39. The molecule has 0 saturated heterocycles. The minimum absolute atomic E-state index is 0.0196. The fourth-order valence-corrected chi connectivity index (χ4v) is 1.52. The highest BCUT2D eigenvalue weighted by Crippen LogP contribution is 2.26. The molecule has 2 rings (SSSR count). The van der Waals surface area contributed by atoms with E-state index in [2.05, 4.69) is 25.7 Å². The van der Waals surface area contributed by atoms with Gasteiger partial charge in [-0.3, -0.25) is 4.79 Å². The number of Topliss-reactive ketones (excluding diaryl/α,β-unsaturated/α-hetero) is 1. The number of carbonyl (C=O) groups excluding carboxylic acids is 1. The molecule has 0 N–H and O–H groups in total. The van der Waals surface area contributed by atoms with E-state index < -0.39 is 17.9 Å². The van der Waals surface area contributed by atoms with Crippen molar-refractivity contribution in [1.82, 2.24) is 4.98 Å². The van der Waals surface area contributed by atoms with Crippen molar-refractivity contribution in [3.05, 3.63) is 24.1 Å². The van der Waals surface area contributed by atoms with Crippen molar-refractivity contribution in [3.8, 4) is 5.75 Å². The van der Waals surface area contributed by atoms with Crippen molar-refractivity contribution in [2.75, 3.05) is 5.33 Å². The number of benzene rings is 1. The number of nitrogens with zero attached hydrogens (tertiary/aromatic N) is 1. The highest BCUT2D eigenvalue weighted by Gasteiger charge is 2.31. The van der Waals surface area contributed by atoms with E-state index in [0.29, 0.717) is 0 Å². The molecule has 1 aromatic carbocycles. The first kappa shape index (κ1) is 12.9. The third-order valence-electron chi connectivity index (χ3n) is 1.95. The second-order valence-electron chi connectivity index (χ2n) is 3.25. The van der Waals surface area contributed by atoms with E-state index in [0.717, 1.165) is 12.1 Å². The van der Waals surface area contributed by atoms with Gasteiger partial charge in [0, 0.05) is 6.07 Å². The van der Waals surface area contributed by atoms with Crippen LogP contribution in [0.3, 0.4) is 0 Å². The number of hydrogen-bond acceptors (Lipinski definition) is 4. The van der Waals surface area contributed by atoms with Crippen molar-refractivity contribution >= 4 is 32.8 Å². The molecule has 0 atom stereocenters. The van der Waals surface area contributed by atoms with Crippen LogP contribution in [0.5, 0.6) is 5.75 Å². The molecule has 96 valence electrons. The summed E-state index contributed by atoms with van der Waals surface area (Å²) in [5.41, 5.74) is 0.342. The van der Waals surface area contributed by atoms with Crippen LogP contribution >= 0.6 is 15.9 Å². The summed E-state index contributed by atoms with van der Waals surface area (Å²) in [6, 6.07) is 3.40. The van der Waals surface area contributed by atoms with Gasteiger partial charge in [0.15, 0.2) is 5.58 Å². The van der Waals surface area contributed by atoms with Crippen LogP contribution in [0.1, 0.15) is 10.7 Å². The van der Waals surface area contributed by atoms with E-state index >= 15 is 0 Å².